The van der Waals surface area contributed by atoms with E-state index >= 15 is 0 Å². The highest BCUT2D eigenvalue weighted by atomic mass is 16.6. The number of esters is 1. The third-order valence-electron chi connectivity index (χ3n) is 1.72. The van der Waals surface area contributed by atoms with Gasteiger partial charge in [-0.05, 0) is 12.5 Å². The van der Waals surface area contributed by atoms with Gasteiger partial charge >= 0.3 is 5.97 Å². The standard InChI is InChI=1S/C8H11NO3/c1-5-4-7(11)9(3)8(5)12-6(2)10/h4,8H,1-3H3. The lowest BCUT2D eigenvalue weighted by Gasteiger charge is -2.20. The molecule has 0 aliphatic carbocycles. The molecular weight excluding hydrogens is 158 g/mol. The van der Waals surface area contributed by atoms with Crippen molar-refractivity contribution >= 4 is 11.9 Å². The summed E-state index contributed by atoms with van der Waals surface area (Å²) in [6, 6.07) is 0. The molecule has 1 unspecified atom stereocenters. The smallest absolute Gasteiger partial charge is 0.304 e. The van der Waals surface area contributed by atoms with Crippen LogP contribution in [0.2, 0.25) is 0 Å². The van der Waals surface area contributed by atoms with Crippen LogP contribution in [-0.4, -0.2) is 30.1 Å². The number of rotatable bonds is 1. The lowest BCUT2D eigenvalue weighted by Crippen LogP contribution is -2.34. The zero-order valence-electron chi connectivity index (χ0n) is 7.33. The zero-order chi connectivity index (χ0) is 9.30. The molecule has 1 rings (SSSR count). The molecule has 0 spiro atoms. The molecule has 1 amide bonds. The van der Waals surface area contributed by atoms with E-state index in [1.165, 1.54) is 17.9 Å². The second kappa shape index (κ2) is 2.97. The Morgan fingerprint density at radius 3 is 2.58 bits per heavy atom. The third kappa shape index (κ3) is 1.47. The van der Waals surface area contributed by atoms with Gasteiger partial charge in [0, 0.05) is 20.0 Å². The molecule has 0 bridgehead atoms. The van der Waals surface area contributed by atoms with Gasteiger partial charge in [0.15, 0.2) is 6.23 Å². The maximum absolute atomic E-state index is 11.0. The van der Waals surface area contributed by atoms with Crippen molar-refractivity contribution in [3.63, 3.8) is 0 Å². The Hall–Kier alpha value is -1.32. The summed E-state index contributed by atoms with van der Waals surface area (Å²) in [7, 11) is 1.60. The fraction of sp³-hybridized carbons (Fsp3) is 0.500. The van der Waals surface area contributed by atoms with Crippen LogP contribution in [0.25, 0.3) is 0 Å². The molecular formula is C8H11NO3. The normalized spacial score (nSPS) is 22.6. The average Bonchev–Trinajstić information content (AvgIpc) is 2.16. The van der Waals surface area contributed by atoms with Crippen molar-refractivity contribution < 1.29 is 14.3 Å². The van der Waals surface area contributed by atoms with Gasteiger partial charge < -0.3 is 9.64 Å². The molecule has 66 valence electrons. The molecule has 1 aliphatic rings. The van der Waals surface area contributed by atoms with Gasteiger partial charge in [-0.15, -0.1) is 0 Å². The molecule has 0 saturated heterocycles. The number of likely N-dealkylation sites (N-methyl/N-ethyl adjacent to an activating group) is 1. The van der Waals surface area contributed by atoms with Crippen molar-refractivity contribution in [2.24, 2.45) is 0 Å². The Morgan fingerprint density at radius 1 is 1.67 bits per heavy atom. The summed E-state index contributed by atoms with van der Waals surface area (Å²) < 4.78 is 4.90. The number of hydrogen-bond acceptors (Lipinski definition) is 3. The van der Waals surface area contributed by atoms with Crippen LogP contribution in [0.1, 0.15) is 13.8 Å². The lowest BCUT2D eigenvalue weighted by molar-refractivity contribution is -0.153. The number of amides is 1. The van der Waals surface area contributed by atoms with Gasteiger partial charge in [-0.1, -0.05) is 0 Å². The van der Waals surface area contributed by atoms with Crippen molar-refractivity contribution in [1.29, 1.82) is 0 Å². The summed E-state index contributed by atoms with van der Waals surface area (Å²) in [5.74, 6) is -0.506. The van der Waals surface area contributed by atoms with E-state index in [4.69, 9.17) is 4.74 Å². The van der Waals surface area contributed by atoms with Crippen molar-refractivity contribution in [2.45, 2.75) is 20.1 Å². The van der Waals surface area contributed by atoms with Crippen LogP contribution in [0.3, 0.4) is 0 Å². The highest BCUT2D eigenvalue weighted by Crippen LogP contribution is 2.17. The number of carbonyl (C=O) groups excluding carboxylic acids is 2. The minimum Gasteiger partial charge on any atom is -0.438 e. The molecule has 0 aromatic carbocycles. The minimum atomic E-state index is -0.505. The van der Waals surface area contributed by atoms with Gasteiger partial charge in [-0.2, -0.15) is 0 Å². The molecule has 4 nitrogen and oxygen atoms in total. The van der Waals surface area contributed by atoms with Gasteiger partial charge in [-0.25, -0.2) is 0 Å². The maximum atomic E-state index is 11.0. The summed E-state index contributed by atoms with van der Waals surface area (Å²) in [6.45, 7) is 3.08. The highest BCUT2D eigenvalue weighted by Gasteiger charge is 2.29. The second-order valence-corrected chi connectivity index (χ2v) is 2.80. The van der Waals surface area contributed by atoms with Crippen molar-refractivity contribution in [3.8, 4) is 0 Å². The Balaban J connectivity index is 2.72. The quantitative estimate of drug-likeness (QED) is 0.530. The van der Waals surface area contributed by atoms with Crippen molar-refractivity contribution in [2.75, 3.05) is 7.05 Å². The summed E-state index contributed by atoms with van der Waals surface area (Å²) in [6.07, 6.45) is 0.961. The summed E-state index contributed by atoms with van der Waals surface area (Å²) in [5.41, 5.74) is 0.762. The van der Waals surface area contributed by atoms with Crippen LogP contribution in [0.4, 0.5) is 0 Å². The van der Waals surface area contributed by atoms with E-state index in [0.29, 0.717) is 0 Å². The SMILES string of the molecule is CC(=O)OC1C(C)=CC(=O)N1C. The van der Waals surface area contributed by atoms with Crippen LogP contribution in [0.15, 0.2) is 11.6 Å². The van der Waals surface area contributed by atoms with Gasteiger partial charge in [0.2, 0.25) is 5.91 Å². The molecule has 4 heteroatoms. The van der Waals surface area contributed by atoms with E-state index in [2.05, 4.69) is 0 Å². The number of carbonyl (C=O) groups is 2. The van der Waals surface area contributed by atoms with Crippen LogP contribution >= 0.6 is 0 Å². The van der Waals surface area contributed by atoms with Crippen LogP contribution in [-0.2, 0) is 14.3 Å². The predicted octanol–water partition coefficient (Wildman–Crippen LogP) is 0.294. The van der Waals surface area contributed by atoms with E-state index in [-0.39, 0.29) is 11.9 Å². The van der Waals surface area contributed by atoms with Crippen LogP contribution in [0, 0.1) is 0 Å². The summed E-state index contributed by atoms with van der Waals surface area (Å²) in [5, 5.41) is 0. The molecule has 0 N–H and O–H groups in total. The average molecular weight is 169 g/mol. The Bertz CT molecular complexity index is 257. The topological polar surface area (TPSA) is 46.6 Å². The first-order valence-electron chi connectivity index (χ1n) is 3.64. The molecule has 0 aromatic heterocycles. The van der Waals surface area contributed by atoms with E-state index in [9.17, 15) is 9.59 Å². The summed E-state index contributed by atoms with van der Waals surface area (Å²) in [4.78, 5) is 23.0. The Kier molecular flexibility index (Phi) is 2.17. The maximum Gasteiger partial charge on any atom is 0.304 e. The molecule has 0 radical (unpaired) electrons. The molecule has 0 aromatic rings. The van der Waals surface area contributed by atoms with Gasteiger partial charge in [0.05, 0.1) is 0 Å². The van der Waals surface area contributed by atoms with E-state index in [1.807, 2.05) is 0 Å². The van der Waals surface area contributed by atoms with Crippen molar-refractivity contribution in [1.82, 2.24) is 4.90 Å². The number of ether oxygens (including phenoxy) is 1. The second-order valence-electron chi connectivity index (χ2n) is 2.80. The van der Waals surface area contributed by atoms with E-state index in [1.54, 1.807) is 14.0 Å². The van der Waals surface area contributed by atoms with E-state index < -0.39 is 6.23 Å². The van der Waals surface area contributed by atoms with Gasteiger partial charge in [-0.3, -0.25) is 9.59 Å². The minimum absolute atomic E-state index is 0.126. The lowest BCUT2D eigenvalue weighted by atomic mass is 10.3. The molecule has 0 saturated carbocycles. The summed E-state index contributed by atoms with van der Waals surface area (Å²) >= 11 is 0. The predicted molar refractivity (Wildman–Crippen MR) is 42.1 cm³/mol. The fourth-order valence-corrected chi connectivity index (χ4v) is 1.12. The van der Waals surface area contributed by atoms with Gasteiger partial charge in [0.1, 0.15) is 0 Å². The first-order valence-corrected chi connectivity index (χ1v) is 3.64. The first-order chi connectivity index (χ1) is 5.52. The van der Waals surface area contributed by atoms with Gasteiger partial charge in [0.25, 0.3) is 0 Å². The number of nitrogens with zero attached hydrogens (tertiary/aromatic N) is 1. The molecule has 0 fully saturated rings. The Labute approximate surface area is 70.8 Å². The largest absolute Gasteiger partial charge is 0.438 e. The fourth-order valence-electron chi connectivity index (χ4n) is 1.12. The Morgan fingerprint density at radius 2 is 2.25 bits per heavy atom. The van der Waals surface area contributed by atoms with Crippen molar-refractivity contribution in [3.05, 3.63) is 11.6 Å². The molecule has 1 heterocycles. The third-order valence-corrected chi connectivity index (χ3v) is 1.72. The molecule has 1 atom stereocenters. The monoisotopic (exact) mass is 169 g/mol. The van der Waals surface area contributed by atoms with E-state index in [0.717, 1.165) is 5.57 Å². The number of hydrogen-bond donors (Lipinski definition) is 0. The first kappa shape index (κ1) is 8.77. The van der Waals surface area contributed by atoms with Crippen LogP contribution < -0.4 is 0 Å². The van der Waals surface area contributed by atoms with Crippen LogP contribution in [0.5, 0.6) is 0 Å². The molecule has 12 heavy (non-hydrogen) atoms. The molecule has 1 aliphatic heterocycles. The highest BCUT2D eigenvalue weighted by molar-refractivity contribution is 5.91. The zero-order valence-corrected chi connectivity index (χ0v) is 7.33.